The Morgan fingerprint density at radius 2 is 0.840 bits per heavy atom. The van der Waals surface area contributed by atoms with Gasteiger partial charge < -0.3 is 4.74 Å². The van der Waals surface area contributed by atoms with Crippen LogP contribution in [0.4, 0.5) is 0 Å². The summed E-state index contributed by atoms with van der Waals surface area (Å²) in [4.78, 5) is 0. The fourth-order valence-electron chi connectivity index (χ4n) is 2.38. The summed E-state index contributed by atoms with van der Waals surface area (Å²) < 4.78 is 4.83. The highest BCUT2D eigenvalue weighted by molar-refractivity contribution is 7.79. The molecule has 3 aromatic rings. The lowest BCUT2D eigenvalue weighted by molar-refractivity contribution is 0.162. The zero-order valence-electron chi connectivity index (χ0n) is 14.8. The Hall–Kier alpha value is -1.66. The molecule has 0 heterocycles. The Morgan fingerprint density at radius 1 is 0.560 bits per heavy atom. The van der Waals surface area contributed by atoms with Gasteiger partial charge in [-0.2, -0.15) is 0 Å². The Labute approximate surface area is 159 Å². The normalized spacial score (nSPS) is 9.72. The number of hydrogen-bond donors (Lipinski definition) is 0. The largest absolute Gasteiger partial charge is 0.382 e. The molecule has 0 N–H and O–H groups in total. The van der Waals surface area contributed by atoms with Gasteiger partial charge in [-0.15, -0.1) is 12.4 Å². The molecule has 0 aliphatic carbocycles. The van der Waals surface area contributed by atoms with Crippen LogP contribution in [0.25, 0.3) is 0 Å². The van der Waals surface area contributed by atoms with Crippen molar-refractivity contribution in [2.45, 2.75) is 13.8 Å². The molecule has 0 saturated carbocycles. The van der Waals surface area contributed by atoms with Crippen molar-refractivity contribution >= 4 is 36.2 Å². The maximum atomic E-state index is 4.83. The first-order chi connectivity index (χ1) is 11.9. The zero-order chi connectivity index (χ0) is 17.0. The number of hydrogen-bond acceptors (Lipinski definition) is 1. The van der Waals surface area contributed by atoms with Gasteiger partial charge in [-0.3, -0.25) is 0 Å². The van der Waals surface area contributed by atoms with Gasteiger partial charge >= 0.3 is 0 Å². The molecule has 0 aromatic heterocycles. The van der Waals surface area contributed by atoms with Gasteiger partial charge in [0.1, 0.15) is 0 Å². The fourth-order valence-corrected chi connectivity index (χ4v) is 4.69. The standard InChI is InChI=1S/C18H15P.C4H10O.ClH/c1-4-10-16(11-5-1)19(17-12-6-2-7-13-17)18-14-8-3-9-15-18;1-3-5-4-2;/h1-15H;3-4H2,1-2H3;1H. The third kappa shape index (κ3) is 7.00. The van der Waals surface area contributed by atoms with Crippen LogP contribution in [0.1, 0.15) is 13.8 Å². The average molecular weight is 373 g/mol. The Morgan fingerprint density at radius 3 is 1.04 bits per heavy atom. The van der Waals surface area contributed by atoms with Crippen molar-refractivity contribution in [1.29, 1.82) is 0 Å². The topological polar surface area (TPSA) is 9.23 Å². The SMILES string of the molecule is CCOCC.Cl.c1ccc(P(c2ccccc2)c2ccccc2)cc1. The number of halogens is 1. The van der Waals surface area contributed by atoms with Crippen LogP contribution in [0.3, 0.4) is 0 Å². The summed E-state index contributed by atoms with van der Waals surface area (Å²) in [5.74, 6) is 0. The summed E-state index contributed by atoms with van der Waals surface area (Å²) in [6.07, 6.45) is 0. The van der Waals surface area contributed by atoms with Gasteiger partial charge in [-0.1, -0.05) is 91.0 Å². The van der Waals surface area contributed by atoms with E-state index in [0.29, 0.717) is 0 Å². The summed E-state index contributed by atoms with van der Waals surface area (Å²) >= 11 is 0. The van der Waals surface area contributed by atoms with Crippen molar-refractivity contribution in [3.05, 3.63) is 91.0 Å². The van der Waals surface area contributed by atoms with Gasteiger partial charge in [0, 0.05) is 13.2 Å². The van der Waals surface area contributed by atoms with Crippen LogP contribution in [0.5, 0.6) is 0 Å². The van der Waals surface area contributed by atoms with E-state index in [1.54, 1.807) is 0 Å². The molecule has 3 rings (SSSR count). The fraction of sp³-hybridized carbons (Fsp3) is 0.182. The third-order valence-electron chi connectivity index (χ3n) is 3.45. The predicted octanol–water partition coefficient (Wildman–Crippen LogP) is 4.91. The molecule has 1 nitrogen and oxygen atoms in total. The Bertz CT molecular complexity index is 578. The van der Waals surface area contributed by atoms with Gasteiger partial charge in [0.05, 0.1) is 0 Å². The molecule has 0 fully saturated rings. The summed E-state index contributed by atoms with van der Waals surface area (Å²) in [5, 5.41) is 4.19. The molecule has 3 aromatic carbocycles. The first-order valence-electron chi connectivity index (χ1n) is 8.39. The number of rotatable bonds is 5. The van der Waals surface area contributed by atoms with Crippen LogP contribution in [-0.2, 0) is 4.74 Å². The van der Waals surface area contributed by atoms with Crippen LogP contribution in [-0.4, -0.2) is 13.2 Å². The first kappa shape index (κ1) is 21.4. The lowest BCUT2D eigenvalue weighted by Gasteiger charge is -2.18. The molecular formula is C22H26ClOP. The van der Waals surface area contributed by atoms with Crippen LogP contribution < -0.4 is 15.9 Å². The molecular weight excluding hydrogens is 347 g/mol. The van der Waals surface area contributed by atoms with E-state index in [9.17, 15) is 0 Å². The van der Waals surface area contributed by atoms with Crippen LogP contribution in [0.2, 0.25) is 0 Å². The van der Waals surface area contributed by atoms with Crippen molar-refractivity contribution in [3.63, 3.8) is 0 Å². The number of benzene rings is 3. The minimum absolute atomic E-state index is 0. The van der Waals surface area contributed by atoms with Crippen LogP contribution in [0.15, 0.2) is 91.0 Å². The maximum Gasteiger partial charge on any atom is 0.0437 e. The molecule has 0 unspecified atom stereocenters. The highest BCUT2D eigenvalue weighted by Gasteiger charge is 2.14. The van der Waals surface area contributed by atoms with E-state index in [1.165, 1.54) is 15.9 Å². The second-order valence-corrected chi connectivity index (χ2v) is 7.34. The highest BCUT2D eigenvalue weighted by Crippen LogP contribution is 2.32. The third-order valence-corrected chi connectivity index (χ3v) is 5.90. The van der Waals surface area contributed by atoms with Gasteiger partial charge in [0.2, 0.25) is 0 Å². The summed E-state index contributed by atoms with van der Waals surface area (Å²) in [7, 11) is -0.446. The summed E-state index contributed by atoms with van der Waals surface area (Å²) in [6.45, 7) is 5.67. The van der Waals surface area contributed by atoms with Crippen molar-refractivity contribution in [2.75, 3.05) is 13.2 Å². The Kier molecular flexibility index (Phi) is 10.8. The van der Waals surface area contributed by atoms with Gasteiger partial charge in [-0.25, -0.2) is 0 Å². The van der Waals surface area contributed by atoms with E-state index in [1.807, 2.05) is 13.8 Å². The zero-order valence-corrected chi connectivity index (χ0v) is 16.5. The van der Waals surface area contributed by atoms with E-state index in [-0.39, 0.29) is 12.4 Å². The van der Waals surface area contributed by atoms with Crippen molar-refractivity contribution < 1.29 is 4.74 Å². The summed E-state index contributed by atoms with van der Waals surface area (Å²) in [5.41, 5.74) is 0. The van der Waals surface area contributed by atoms with Gasteiger partial charge in [0.15, 0.2) is 0 Å². The maximum absolute atomic E-state index is 4.83. The Balaban J connectivity index is 0.000000462. The molecule has 132 valence electrons. The molecule has 0 aliphatic rings. The predicted molar refractivity (Wildman–Crippen MR) is 115 cm³/mol. The molecule has 0 saturated heterocycles. The van der Waals surface area contributed by atoms with Gasteiger partial charge in [0.25, 0.3) is 0 Å². The molecule has 3 heteroatoms. The smallest absolute Gasteiger partial charge is 0.0437 e. The molecule has 0 radical (unpaired) electrons. The van der Waals surface area contributed by atoms with Crippen molar-refractivity contribution in [2.24, 2.45) is 0 Å². The second-order valence-electron chi connectivity index (χ2n) is 5.12. The van der Waals surface area contributed by atoms with E-state index in [4.69, 9.17) is 4.74 Å². The van der Waals surface area contributed by atoms with Gasteiger partial charge in [-0.05, 0) is 37.7 Å². The summed E-state index contributed by atoms with van der Waals surface area (Å²) in [6, 6.07) is 32.3. The van der Waals surface area contributed by atoms with Crippen molar-refractivity contribution in [1.82, 2.24) is 0 Å². The quantitative estimate of drug-likeness (QED) is 0.578. The second kappa shape index (κ2) is 12.7. The van der Waals surface area contributed by atoms with Crippen LogP contribution >= 0.6 is 20.3 Å². The molecule has 0 aliphatic heterocycles. The van der Waals surface area contributed by atoms with E-state index in [0.717, 1.165) is 13.2 Å². The van der Waals surface area contributed by atoms with E-state index >= 15 is 0 Å². The number of ether oxygens (including phenoxy) is 1. The lowest BCUT2D eigenvalue weighted by Crippen LogP contribution is -2.20. The van der Waals surface area contributed by atoms with E-state index < -0.39 is 7.92 Å². The minimum atomic E-state index is -0.446. The molecule has 0 atom stereocenters. The first-order valence-corrected chi connectivity index (χ1v) is 9.74. The molecule has 0 spiro atoms. The average Bonchev–Trinajstić information content (AvgIpc) is 2.66. The highest BCUT2D eigenvalue weighted by atomic mass is 35.5. The minimum Gasteiger partial charge on any atom is -0.382 e. The van der Waals surface area contributed by atoms with E-state index in [2.05, 4.69) is 91.0 Å². The molecule has 0 bridgehead atoms. The molecule has 0 amide bonds. The van der Waals surface area contributed by atoms with Crippen LogP contribution in [0, 0.1) is 0 Å². The van der Waals surface area contributed by atoms with Crippen molar-refractivity contribution in [3.8, 4) is 0 Å². The lowest BCUT2D eigenvalue weighted by atomic mass is 10.4. The monoisotopic (exact) mass is 372 g/mol. The molecule has 25 heavy (non-hydrogen) atoms.